The minimum Gasteiger partial charge on any atom is -0.434 e. The minimum atomic E-state index is -1.19. The molecule has 0 bridgehead atoms. The van der Waals surface area contributed by atoms with Gasteiger partial charge in [0.05, 0.1) is 6.61 Å². The summed E-state index contributed by atoms with van der Waals surface area (Å²) in [5.41, 5.74) is 0.164. The highest BCUT2D eigenvalue weighted by molar-refractivity contribution is 5.94. The van der Waals surface area contributed by atoms with Crippen LogP contribution in [0, 0.1) is 17.7 Å². The van der Waals surface area contributed by atoms with Gasteiger partial charge in [-0.2, -0.15) is 0 Å². The van der Waals surface area contributed by atoms with E-state index in [0.717, 1.165) is 10.6 Å². The molecule has 0 fully saturated rings. The first-order chi connectivity index (χ1) is 13.5. The van der Waals surface area contributed by atoms with E-state index < -0.39 is 23.2 Å². The van der Waals surface area contributed by atoms with Crippen LogP contribution in [-0.2, 0) is 9.47 Å². The summed E-state index contributed by atoms with van der Waals surface area (Å²) >= 11 is 0. The highest BCUT2D eigenvalue weighted by Crippen LogP contribution is 2.06. The molecule has 3 aromatic rings. The van der Waals surface area contributed by atoms with E-state index in [9.17, 15) is 18.8 Å². The summed E-state index contributed by atoms with van der Waals surface area (Å²) in [4.78, 5) is 39.6. The van der Waals surface area contributed by atoms with Gasteiger partial charge in [0.15, 0.2) is 0 Å². The largest absolute Gasteiger partial charge is 0.516 e. The Balaban J connectivity index is 1.90. The van der Waals surface area contributed by atoms with E-state index in [1.165, 1.54) is 24.4 Å². The van der Waals surface area contributed by atoms with Crippen molar-refractivity contribution in [3.05, 3.63) is 81.7 Å². The molecule has 0 atom stereocenters. The normalized spacial score (nSPS) is 10.1. The van der Waals surface area contributed by atoms with Crippen LogP contribution in [0.15, 0.2) is 53.6 Å². The Morgan fingerprint density at radius 3 is 2.64 bits per heavy atom. The summed E-state index contributed by atoms with van der Waals surface area (Å²) in [7, 11) is 0. The Morgan fingerprint density at radius 2 is 1.93 bits per heavy atom. The lowest BCUT2D eigenvalue weighted by molar-refractivity contribution is 0.0399. The molecule has 0 N–H and O–H groups in total. The summed E-state index contributed by atoms with van der Waals surface area (Å²) < 4.78 is 23.2. The first-order valence-electron chi connectivity index (χ1n) is 8.16. The molecule has 0 amide bonds. The number of rotatable bonds is 2. The molecule has 2 heterocycles. The molecule has 7 nitrogen and oxygen atoms in total. The van der Waals surface area contributed by atoms with Gasteiger partial charge < -0.3 is 9.47 Å². The van der Waals surface area contributed by atoms with Crippen LogP contribution in [0.2, 0.25) is 0 Å². The molecule has 0 aliphatic carbocycles. The van der Waals surface area contributed by atoms with Gasteiger partial charge in [-0.1, -0.05) is 17.9 Å². The number of pyridine rings is 1. The predicted octanol–water partition coefficient (Wildman–Crippen LogP) is 2.55. The van der Waals surface area contributed by atoms with Gasteiger partial charge in [0.1, 0.15) is 17.0 Å². The van der Waals surface area contributed by atoms with Crippen molar-refractivity contribution in [3.8, 4) is 11.8 Å². The molecule has 2 aromatic heterocycles. The quantitative estimate of drug-likeness (QED) is 0.386. The van der Waals surface area contributed by atoms with Crippen LogP contribution in [-0.4, -0.2) is 28.1 Å². The summed E-state index contributed by atoms with van der Waals surface area (Å²) in [6.45, 7) is 1.58. The standard InChI is InChI=1S/C20H13FN2O5/c1-2-27-20(26)28-19(25)16-12-22-17-11-14(8-9-23(17)18(16)24)7-6-13-4-3-5-15(21)10-13/h3-5,8-12H,2H2,1H3. The first kappa shape index (κ1) is 18.8. The number of carbonyl (C=O) groups is 2. The Labute approximate surface area is 158 Å². The van der Waals surface area contributed by atoms with Gasteiger partial charge in [0.25, 0.3) is 5.56 Å². The topological polar surface area (TPSA) is 87.0 Å². The highest BCUT2D eigenvalue weighted by Gasteiger charge is 2.19. The van der Waals surface area contributed by atoms with E-state index in [0.29, 0.717) is 11.1 Å². The van der Waals surface area contributed by atoms with Gasteiger partial charge in [0.2, 0.25) is 0 Å². The predicted molar refractivity (Wildman–Crippen MR) is 96.3 cm³/mol. The van der Waals surface area contributed by atoms with Gasteiger partial charge in [0, 0.05) is 23.5 Å². The molecule has 0 aliphatic rings. The maximum Gasteiger partial charge on any atom is 0.516 e. The summed E-state index contributed by atoms with van der Waals surface area (Å²) in [5, 5.41) is 0. The third-order valence-corrected chi connectivity index (χ3v) is 3.54. The van der Waals surface area contributed by atoms with Crippen LogP contribution in [0.5, 0.6) is 0 Å². The van der Waals surface area contributed by atoms with Crippen LogP contribution < -0.4 is 5.56 Å². The number of fused-ring (bicyclic) bond motifs is 1. The number of aromatic nitrogens is 2. The molecule has 0 radical (unpaired) electrons. The SMILES string of the molecule is CCOC(=O)OC(=O)c1cnc2cc(C#Cc3cccc(F)c3)ccn2c1=O. The minimum absolute atomic E-state index is 0.0283. The molecule has 0 unspecified atom stereocenters. The maximum atomic E-state index is 13.2. The van der Waals surface area contributed by atoms with E-state index >= 15 is 0 Å². The number of hydrogen-bond acceptors (Lipinski definition) is 6. The van der Waals surface area contributed by atoms with Crippen molar-refractivity contribution in [2.75, 3.05) is 6.61 Å². The Bertz CT molecular complexity index is 1190. The monoisotopic (exact) mass is 380 g/mol. The van der Waals surface area contributed by atoms with Crippen molar-refractivity contribution < 1.29 is 23.5 Å². The molecule has 3 rings (SSSR count). The Hall–Kier alpha value is -3.99. The fourth-order valence-electron chi connectivity index (χ4n) is 2.28. The highest BCUT2D eigenvalue weighted by atomic mass is 19.1. The lowest BCUT2D eigenvalue weighted by Crippen LogP contribution is -2.26. The van der Waals surface area contributed by atoms with E-state index in [4.69, 9.17) is 0 Å². The van der Waals surface area contributed by atoms with Gasteiger partial charge in [-0.15, -0.1) is 0 Å². The van der Waals surface area contributed by atoms with Crippen LogP contribution in [0.1, 0.15) is 28.4 Å². The Kier molecular flexibility index (Phi) is 5.46. The van der Waals surface area contributed by atoms with E-state index in [1.807, 2.05) is 0 Å². The summed E-state index contributed by atoms with van der Waals surface area (Å²) in [6, 6.07) is 8.93. The number of nitrogens with zero attached hydrogens (tertiary/aromatic N) is 2. The molecule has 0 saturated carbocycles. The van der Waals surface area contributed by atoms with E-state index in [2.05, 4.69) is 26.3 Å². The number of halogens is 1. The molecular formula is C20H13FN2O5. The molecule has 0 saturated heterocycles. The van der Waals surface area contributed by atoms with Gasteiger partial charge >= 0.3 is 12.1 Å². The second-order valence-corrected chi connectivity index (χ2v) is 5.45. The van der Waals surface area contributed by atoms with Crippen molar-refractivity contribution >= 4 is 17.8 Å². The first-order valence-corrected chi connectivity index (χ1v) is 8.16. The molecular weight excluding hydrogens is 367 g/mol. The van der Waals surface area contributed by atoms with Crippen molar-refractivity contribution in [1.82, 2.24) is 9.38 Å². The zero-order chi connectivity index (χ0) is 20.1. The van der Waals surface area contributed by atoms with Crippen LogP contribution in [0.3, 0.4) is 0 Å². The second-order valence-electron chi connectivity index (χ2n) is 5.45. The van der Waals surface area contributed by atoms with E-state index in [-0.39, 0.29) is 18.1 Å². The van der Waals surface area contributed by atoms with Gasteiger partial charge in [-0.3, -0.25) is 9.20 Å². The van der Waals surface area contributed by atoms with Crippen LogP contribution in [0.4, 0.5) is 9.18 Å². The van der Waals surface area contributed by atoms with Crippen molar-refractivity contribution in [2.45, 2.75) is 6.92 Å². The molecule has 1 aromatic carbocycles. The van der Waals surface area contributed by atoms with Crippen molar-refractivity contribution in [1.29, 1.82) is 0 Å². The van der Waals surface area contributed by atoms with Crippen molar-refractivity contribution in [3.63, 3.8) is 0 Å². The van der Waals surface area contributed by atoms with Crippen LogP contribution in [0.25, 0.3) is 5.65 Å². The summed E-state index contributed by atoms with van der Waals surface area (Å²) in [6.07, 6.45) is 1.21. The molecule has 8 heteroatoms. The third-order valence-electron chi connectivity index (χ3n) is 3.54. The van der Waals surface area contributed by atoms with Crippen molar-refractivity contribution in [2.24, 2.45) is 0 Å². The maximum absolute atomic E-state index is 13.2. The second kappa shape index (κ2) is 8.14. The zero-order valence-electron chi connectivity index (χ0n) is 14.6. The Morgan fingerprint density at radius 1 is 1.18 bits per heavy atom. The molecule has 0 aliphatic heterocycles. The lowest BCUT2D eigenvalue weighted by Gasteiger charge is -2.04. The summed E-state index contributed by atoms with van der Waals surface area (Å²) in [5.74, 6) is 4.13. The smallest absolute Gasteiger partial charge is 0.434 e. The average Bonchev–Trinajstić information content (AvgIpc) is 2.66. The fraction of sp³-hybridized carbons (Fsp3) is 0.100. The number of hydrogen-bond donors (Lipinski definition) is 0. The van der Waals surface area contributed by atoms with E-state index in [1.54, 1.807) is 25.1 Å². The average molecular weight is 380 g/mol. The molecule has 0 spiro atoms. The number of benzene rings is 1. The molecule has 140 valence electrons. The van der Waals surface area contributed by atoms with Gasteiger partial charge in [-0.05, 0) is 37.3 Å². The number of carbonyl (C=O) groups excluding carboxylic acids is 2. The third kappa shape index (κ3) is 4.22. The van der Waals surface area contributed by atoms with Gasteiger partial charge in [-0.25, -0.2) is 19.0 Å². The number of ether oxygens (including phenoxy) is 2. The lowest BCUT2D eigenvalue weighted by atomic mass is 10.2. The zero-order valence-corrected chi connectivity index (χ0v) is 14.6. The molecule has 28 heavy (non-hydrogen) atoms. The van der Waals surface area contributed by atoms with Crippen LogP contribution >= 0.6 is 0 Å². The number of esters is 1. The fourth-order valence-corrected chi connectivity index (χ4v) is 2.28.